The predicted octanol–water partition coefficient (Wildman–Crippen LogP) is 4.63. The number of hydrogen-bond donors (Lipinski definition) is 1. The van der Waals surface area contributed by atoms with E-state index in [-0.39, 0.29) is 5.91 Å². The molecule has 2 aromatic carbocycles. The van der Waals surface area contributed by atoms with E-state index in [1.807, 2.05) is 29.7 Å². The van der Waals surface area contributed by atoms with E-state index in [1.165, 1.54) is 5.56 Å². The molecule has 32 heavy (non-hydrogen) atoms. The number of pyridine rings is 1. The van der Waals surface area contributed by atoms with Crippen LogP contribution in [0.25, 0.3) is 16.9 Å². The summed E-state index contributed by atoms with van der Waals surface area (Å²) in [5.74, 6) is -0.808. The van der Waals surface area contributed by atoms with Crippen molar-refractivity contribution in [2.45, 2.75) is 20.3 Å². The van der Waals surface area contributed by atoms with Gasteiger partial charge in [-0.15, -0.1) is 0 Å². The van der Waals surface area contributed by atoms with Gasteiger partial charge in [0.1, 0.15) is 5.65 Å². The molecule has 0 fully saturated rings. The molecule has 0 radical (unpaired) electrons. The van der Waals surface area contributed by atoms with Gasteiger partial charge in [0.2, 0.25) is 5.91 Å². The number of imidazole rings is 1. The molecule has 4 rings (SSSR count). The number of aromatic nitrogens is 2. The highest BCUT2D eigenvalue weighted by Crippen LogP contribution is 2.26. The predicted molar refractivity (Wildman–Crippen MR) is 126 cm³/mol. The molecular weight excluding hydrogens is 402 g/mol. The van der Waals surface area contributed by atoms with E-state index in [9.17, 15) is 9.59 Å². The first kappa shape index (κ1) is 22.7. The molecule has 1 N–H and O–H groups in total. The number of likely N-dealkylation sites (N-methyl/N-ethyl adjacent to an activating group) is 1. The molecule has 0 atom stereocenters. The molecule has 4 aromatic rings. The van der Waals surface area contributed by atoms with Crippen molar-refractivity contribution < 1.29 is 14.7 Å². The molecule has 0 saturated heterocycles. The fourth-order valence-corrected chi connectivity index (χ4v) is 3.19. The van der Waals surface area contributed by atoms with Gasteiger partial charge in [-0.3, -0.25) is 4.79 Å². The molecule has 0 aliphatic heterocycles. The smallest absolute Gasteiger partial charge is 0.335 e. The minimum absolute atomic E-state index is 0.0710. The molecule has 0 unspecified atom stereocenters. The third-order valence-electron chi connectivity index (χ3n) is 5.03. The van der Waals surface area contributed by atoms with Crippen molar-refractivity contribution in [3.05, 3.63) is 95.3 Å². The number of aromatic carboxylic acids is 1. The van der Waals surface area contributed by atoms with Crippen LogP contribution in [0.5, 0.6) is 0 Å². The van der Waals surface area contributed by atoms with E-state index in [2.05, 4.69) is 31.2 Å². The molecule has 164 valence electrons. The van der Waals surface area contributed by atoms with Crippen LogP contribution in [0, 0.1) is 13.8 Å². The van der Waals surface area contributed by atoms with E-state index in [0.29, 0.717) is 12.0 Å². The third kappa shape index (κ3) is 5.40. The summed E-state index contributed by atoms with van der Waals surface area (Å²) >= 11 is 0. The van der Waals surface area contributed by atoms with E-state index in [1.54, 1.807) is 49.3 Å². The Hall–Kier alpha value is -3.93. The number of amides is 1. The van der Waals surface area contributed by atoms with Crippen molar-refractivity contribution in [2.75, 3.05) is 14.1 Å². The molecule has 0 saturated carbocycles. The number of nitrogens with zero attached hydrogens (tertiary/aromatic N) is 3. The first-order chi connectivity index (χ1) is 15.3. The lowest BCUT2D eigenvalue weighted by Gasteiger charge is -2.11. The van der Waals surface area contributed by atoms with Gasteiger partial charge >= 0.3 is 5.97 Å². The highest BCUT2D eigenvalue weighted by Gasteiger charge is 2.18. The van der Waals surface area contributed by atoms with Crippen LogP contribution < -0.4 is 0 Å². The Morgan fingerprint density at radius 3 is 2.09 bits per heavy atom. The van der Waals surface area contributed by atoms with Crippen molar-refractivity contribution >= 4 is 17.5 Å². The topological polar surface area (TPSA) is 74.9 Å². The van der Waals surface area contributed by atoms with Crippen LogP contribution in [-0.2, 0) is 11.2 Å². The molecule has 2 heterocycles. The van der Waals surface area contributed by atoms with Gasteiger partial charge in [-0.25, -0.2) is 9.78 Å². The number of rotatable bonds is 4. The van der Waals surface area contributed by atoms with Crippen LogP contribution in [0.15, 0.2) is 72.9 Å². The molecule has 0 bridgehead atoms. The van der Waals surface area contributed by atoms with Gasteiger partial charge in [-0.05, 0) is 37.6 Å². The maximum atomic E-state index is 12.3. The maximum Gasteiger partial charge on any atom is 0.335 e. The Balaban J connectivity index is 0.000000269. The fraction of sp³-hybridized carbons (Fsp3) is 0.192. The summed E-state index contributed by atoms with van der Waals surface area (Å²) < 4.78 is 2.03. The fourth-order valence-electron chi connectivity index (χ4n) is 3.19. The second-order valence-electron chi connectivity index (χ2n) is 7.84. The first-order valence-corrected chi connectivity index (χ1v) is 10.3. The summed E-state index contributed by atoms with van der Waals surface area (Å²) in [5.41, 5.74) is 6.41. The summed E-state index contributed by atoms with van der Waals surface area (Å²) in [6.45, 7) is 4.11. The van der Waals surface area contributed by atoms with Crippen molar-refractivity contribution in [2.24, 2.45) is 0 Å². The Labute approximate surface area is 187 Å². The number of aryl methyl sites for hydroxylation is 2. The maximum absolute atomic E-state index is 12.3. The number of hydrogen-bond acceptors (Lipinski definition) is 3. The van der Waals surface area contributed by atoms with Crippen LogP contribution in [0.4, 0.5) is 0 Å². The van der Waals surface area contributed by atoms with Gasteiger partial charge in [-0.1, -0.05) is 54.1 Å². The average Bonchev–Trinajstić information content (AvgIpc) is 3.12. The van der Waals surface area contributed by atoms with E-state index >= 15 is 0 Å². The lowest BCUT2D eigenvalue weighted by molar-refractivity contribution is -0.128. The number of carboxylic acids is 1. The second kappa shape index (κ2) is 9.92. The lowest BCUT2D eigenvalue weighted by atomic mass is 10.1. The lowest BCUT2D eigenvalue weighted by Crippen LogP contribution is -2.24. The molecule has 0 aliphatic rings. The van der Waals surface area contributed by atoms with Gasteiger partial charge in [0.15, 0.2) is 0 Å². The largest absolute Gasteiger partial charge is 0.478 e. The van der Waals surface area contributed by atoms with Crippen LogP contribution >= 0.6 is 0 Å². The monoisotopic (exact) mass is 429 g/mol. The van der Waals surface area contributed by atoms with Crippen molar-refractivity contribution in [3.8, 4) is 11.3 Å². The number of benzene rings is 2. The van der Waals surface area contributed by atoms with Crippen LogP contribution in [-0.4, -0.2) is 45.4 Å². The van der Waals surface area contributed by atoms with Gasteiger partial charge < -0.3 is 14.4 Å². The van der Waals surface area contributed by atoms with Crippen molar-refractivity contribution in [3.63, 3.8) is 0 Å². The Morgan fingerprint density at radius 2 is 1.53 bits per heavy atom. The minimum atomic E-state index is -0.879. The average molecular weight is 430 g/mol. The molecule has 6 heteroatoms. The number of fused-ring (bicyclic) bond motifs is 1. The summed E-state index contributed by atoms with van der Waals surface area (Å²) in [5, 5.41) is 8.38. The Morgan fingerprint density at radius 1 is 0.906 bits per heavy atom. The minimum Gasteiger partial charge on any atom is -0.478 e. The number of carboxylic acid groups (broad SMARTS) is 1. The Kier molecular flexibility index (Phi) is 7.05. The quantitative estimate of drug-likeness (QED) is 0.513. The van der Waals surface area contributed by atoms with Gasteiger partial charge in [0.25, 0.3) is 0 Å². The van der Waals surface area contributed by atoms with Crippen LogP contribution in [0.3, 0.4) is 0 Å². The summed E-state index contributed by atoms with van der Waals surface area (Å²) in [6.07, 6.45) is 2.37. The van der Waals surface area contributed by atoms with Gasteiger partial charge in [-0.2, -0.15) is 0 Å². The van der Waals surface area contributed by atoms with E-state index in [4.69, 9.17) is 10.1 Å². The normalized spacial score (nSPS) is 10.4. The molecule has 0 spiro atoms. The third-order valence-corrected chi connectivity index (χ3v) is 5.03. The highest BCUT2D eigenvalue weighted by atomic mass is 16.4. The first-order valence-electron chi connectivity index (χ1n) is 10.3. The zero-order valence-electron chi connectivity index (χ0n) is 18.7. The SMILES string of the molecule is Cc1ccc(-c2nc3ccc(C)cn3c2CC(=O)N(C)C)cc1.O=C(O)c1ccccc1. The van der Waals surface area contributed by atoms with Crippen molar-refractivity contribution in [1.82, 2.24) is 14.3 Å². The van der Waals surface area contributed by atoms with Gasteiger partial charge in [0.05, 0.1) is 23.4 Å². The number of carbonyl (C=O) groups is 2. The van der Waals surface area contributed by atoms with E-state index in [0.717, 1.165) is 28.2 Å². The highest BCUT2D eigenvalue weighted by molar-refractivity contribution is 5.87. The van der Waals surface area contributed by atoms with Crippen LogP contribution in [0.1, 0.15) is 27.2 Å². The van der Waals surface area contributed by atoms with Crippen molar-refractivity contribution in [1.29, 1.82) is 0 Å². The standard InChI is InChI=1S/C19H21N3O.C7H6O2/c1-13-5-8-15(9-6-13)19-16(11-18(23)21(3)4)22-12-14(2)7-10-17(22)20-19;8-7(9)6-4-2-1-3-5-6/h5-10,12H,11H2,1-4H3;1-5H,(H,8,9). The number of carbonyl (C=O) groups excluding carboxylic acids is 1. The Bertz CT molecular complexity index is 1230. The molecule has 6 nitrogen and oxygen atoms in total. The molecule has 2 aromatic heterocycles. The van der Waals surface area contributed by atoms with Crippen LogP contribution in [0.2, 0.25) is 0 Å². The van der Waals surface area contributed by atoms with E-state index < -0.39 is 5.97 Å². The zero-order valence-corrected chi connectivity index (χ0v) is 18.7. The second-order valence-corrected chi connectivity index (χ2v) is 7.84. The molecular formula is C26H27N3O3. The summed E-state index contributed by atoms with van der Waals surface area (Å²) in [7, 11) is 3.56. The molecule has 1 amide bonds. The summed E-state index contributed by atoms with van der Waals surface area (Å²) in [6, 6.07) is 20.6. The molecule has 0 aliphatic carbocycles. The zero-order chi connectivity index (χ0) is 23.3. The summed E-state index contributed by atoms with van der Waals surface area (Å²) in [4.78, 5) is 28.8. The van der Waals surface area contributed by atoms with Gasteiger partial charge in [0, 0.05) is 25.9 Å².